The summed E-state index contributed by atoms with van der Waals surface area (Å²) in [7, 11) is 0. The van der Waals surface area contributed by atoms with Crippen LogP contribution in [0.4, 0.5) is 0 Å². The van der Waals surface area contributed by atoms with Crippen molar-refractivity contribution in [2.45, 2.75) is 32.7 Å². The van der Waals surface area contributed by atoms with Gasteiger partial charge in [-0.1, -0.05) is 13.8 Å². The largest absolute Gasteiger partial charge is 0.378 e. The zero-order chi connectivity index (χ0) is 10.7. The van der Waals surface area contributed by atoms with Gasteiger partial charge in [0.1, 0.15) is 0 Å². The smallest absolute Gasteiger partial charge is 0.0632 e. The Bertz CT molecular complexity index is 190. The van der Waals surface area contributed by atoms with Gasteiger partial charge >= 0.3 is 0 Å². The monoisotopic (exact) mass is 212 g/mol. The molecule has 0 spiro atoms. The second kappa shape index (κ2) is 4.81. The fourth-order valence-corrected chi connectivity index (χ4v) is 2.39. The van der Waals surface area contributed by atoms with E-state index in [1.165, 1.54) is 25.9 Å². The summed E-state index contributed by atoms with van der Waals surface area (Å²) in [5, 5.41) is 3.52. The number of nitrogens with one attached hydrogen (secondary N) is 1. The third kappa shape index (κ3) is 3.44. The lowest BCUT2D eigenvalue weighted by Crippen LogP contribution is -2.50. The molecular formula is C12H24N2O. The van der Waals surface area contributed by atoms with E-state index in [0.717, 1.165) is 26.3 Å². The van der Waals surface area contributed by atoms with Gasteiger partial charge in [0.25, 0.3) is 0 Å². The van der Waals surface area contributed by atoms with Crippen molar-refractivity contribution < 1.29 is 4.74 Å². The van der Waals surface area contributed by atoms with Crippen LogP contribution in [0.15, 0.2) is 0 Å². The average molecular weight is 212 g/mol. The molecule has 0 aromatic rings. The number of piperidine rings is 1. The molecule has 88 valence electrons. The maximum atomic E-state index is 5.48. The second-order valence-electron chi connectivity index (χ2n) is 5.69. The van der Waals surface area contributed by atoms with Crippen molar-refractivity contribution in [3.05, 3.63) is 0 Å². The number of rotatable bonds is 2. The summed E-state index contributed by atoms with van der Waals surface area (Å²) in [6, 6.07) is 0.556. The number of hydrogen-bond acceptors (Lipinski definition) is 3. The molecule has 0 amide bonds. The van der Waals surface area contributed by atoms with Gasteiger partial charge in [0, 0.05) is 19.1 Å². The van der Waals surface area contributed by atoms with Crippen molar-refractivity contribution in [3.8, 4) is 0 Å². The van der Waals surface area contributed by atoms with Crippen LogP contribution in [-0.4, -0.2) is 50.3 Å². The van der Waals surface area contributed by atoms with E-state index in [1.54, 1.807) is 0 Å². The maximum absolute atomic E-state index is 5.48. The molecule has 1 unspecified atom stereocenters. The van der Waals surface area contributed by atoms with E-state index in [9.17, 15) is 0 Å². The molecule has 2 aliphatic rings. The number of hydrogen-bond donors (Lipinski definition) is 1. The predicted octanol–water partition coefficient (Wildman–Crippen LogP) is 1.10. The van der Waals surface area contributed by atoms with Crippen molar-refractivity contribution in [1.82, 2.24) is 10.2 Å². The predicted molar refractivity (Wildman–Crippen MR) is 62.1 cm³/mol. The fourth-order valence-electron chi connectivity index (χ4n) is 2.39. The van der Waals surface area contributed by atoms with Gasteiger partial charge in [0.2, 0.25) is 0 Å². The molecule has 3 heteroatoms. The van der Waals surface area contributed by atoms with Gasteiger partial charge in [-0.15, -0.1) is 0 Å². The molecule has 2 heterocycles. The van der Waals surface area contributed by atoms with Gasteiger partial charge in [-0.05, 0) is 31.3 Å². The van der Waals surface area contributed by atoms with Crippen molar-refractivity contribution in [2.75, 3.05) is 39.4 Å². The summed E-state index contributed by atoms with van der Waals surface area (Å²) in [4.78, 5) is 2.58. The molecule has 0 aliphatic carbocycles. The summed E-state index contributed by atoms with van der Waals surface area (Å²) in [6.07, 6.45) is 2.67. The first-order chi connectivity index (χ1) is 7.16. The van der Waals surface area contributed by atoms with E-state index in [4.69, 9.17) is 4.74 Å². The Hall–Kier alpha value is -0.120. The first kappa shape index (κ1) is 11.4. The molecule has 0 aromatic carbocycles. The average Bonchev–Trinajstić information content (AvgIpc) is 2.23. The second-order valence-corrected chi connectivity index (χ2v) is 5.69. The Morgan fingerprint density at radius 3 is 2.67 bits per heavy atom. The summed E-state index contributed by atoms with van der Waals surface area (Å²) in [6.45, 7) is 11.2. The maximum Gasteiger partial charge on any atom is 0.0632 e. The van der Waals surface area contributed by atoms with Gasteiger partial charge < -0.3 is 15.0 Å². The quantitative estimate of drug-likeness (QED) is 0.742. The molecule has 15 heavy (non-hydrogen) atoms. The number of likely N-dealkylation sites (tertiary alicyclic amines) is 1. The van der Waals surface area contributed by atoms with Crippen LogP contribution in [0.3, 0.4) is 0 Å². The van der Waals surface area contributed by atoms with E-state index >= 15 is 0 Å². The number of morpholine rings is 1. The summed E-state index contributed by atoms with van der Waals surface area (Å²) in [5.74, 6) is 0. The summed E-state index contributed by atoms with van der Waals surface area (Å²) in [5.41, 5.74) is 0.562. The first-order valence-electron chi connectivity index (χ1n) is 6.19. The van der Waals surface area contributed by atoms with E-state index in [0.29, 0.717) is 11.5 Å². The molecule has 0 aromatic heterocycles. The Labute approximate surface area is 93.2 Å². The van der Waals surface area contributed by atoms with Crippen LogP contribution in [0.1, 0.15) is 26.7 Å². The summed E-state index contributed by atoms with van der Waals surface area (Å²) >= 11 is 0. The Morgan fingerprint density at radius 2 is 2.07 bits per heavy atom. The third-order valence-electron chi connectivity index (χ3n) is 3.69. The Kier molecular flexibility index (Phi) is 3.65. The molecule has 2 rings (SSSR count). The van der Waals surface area contributed by atoms with Gasteiger partial charge in [-0.3, -0.25) is 0 Å². The minimum absolute atomic E-state index is 0.556. The van der Waals surface area contributed by atoms with E-state index < -0.39 is 0 Å². The minimum atomic E-state index is 0.556. The van der Waals surface area contributed by atoms with Crippen LogP contribution < -0.4 is 5.32 Å². The highest BCUT2D eigenvalue weighted by Crippen LogP contribution is 2.29. The highest BCUT2D eigenvalue weighted by Gasteiger charge is 2.26. The Balaban J connectivity index is 1.71. The van der Waals surface area contributed by atoms with Crippen molar-refractivity contribution in [3.63, 3.8) is 0 Å². The lowest BCUT2D eigenvalue weighted by atomic mass is 9.82. The van der Waals surface area contributed by atoms with Crippen LogP contribution in [0.25, 0.3) is 0 Å². The van der Waals surface area contributed by atoms with Crippen LogP contribution in [0, 0.1) is 5.41 Å². The topological polar surface area (TPSA) is 24.5 Å². The standard InChI is InChI=1S/C12H24N2O/c1-12(2)3-6-14(7-4-12)9-11-10-15-8-5-13-11/h11,13H,3-10H2,1-2H3. The molecule has 1 atom stereocenters. The number of nitrogens with zero attached hydrogens (tertiary/aromatic N) is 1. The molecular weight excluding hydrogens is 188 g/mol. The van der Waals surface area contributed by atoms with Crippen molar-refractivity contribution in [1.29, 1.82) is 0 Å². The van der Waals surface area contributed by atoms with E-state index in [1.807, 2.05) is 0 Å². The molecule has 2 aliphatic heterocycles. The van der Waals surface area contributed by atoms with Crippen molar-refractivity contribution >= 4 is 0 Å². The summed E-state index contributed by atoms with van der Waals surface area (Å²) < 4.78 is 5.48. The SMILES string of the molecule is CC1(C)CCN(CC2COCCN2)CC1. The van der Waals surface area contributed by atoms with E-state index in [-0.39, 0.29) is 0 Å². The van der Waals surface area contributed by atoms with Crippen LogP contribution in [0.5, 0.6) is 0 Å². The first-order valence-corrected chi connectivity index (χ1v) is 6.19. The molecule has 0 radical (unpaired) electrons. The lowest BCUT2D eigenvalue weighted by Gasteiger charge is -2.39. The van der Waals surface area contributed by atoms with Gasteiger partial charge in [-0.25, -0.2) is 0 Å². The molecule has 2 fully saturated rings. The van der Waals surface area contributed by atoms with Crippen molar-refractivity contribution in [2.24, 2.45) is 5.41 Å². The molecule has 0 saturated carbocycles. The highest BCUT2D eigenvalue weighted by atomic mass is 16.5. The Morgan fingerprint density at radius 1 is 1.33 bits per heavy atom. The van der Waals surface area contributed by atoms with Crippen LogP contribution >= 0.6 is 0 Å². The fraction of sp³-hybridized carbons (Fsp3) is 1.00. The minimum Gasteiger partial charge on any atom is -0.378 e. The van der Waals surface area contributed by atoms with Crippen LogP contribution in [-0.2, 0) is 4.74 Å². The lowest BCUT2D eigenvalue weighted by molar-refractivity contribution is 0.0493. The molecule has 2 saturated heterocycles. The normalized spacial score (nSPS) is 32.8. The highest BCUT2D eigenvalue weighted by molar-refractivity contribution is 4.82. The molecule has 0 bridgehead atoms. The van der Waals surface area contributed by atoms with E-state index in [2.05, 4.69) is 24.1 Å². The van der Waals surface area contributed by atoms with Crippen LogP contribution in [0.2, 0.25) is 0 Å². The number of ether oxygens (including phenoxy) is 1. The molecule has 3 nitrogen and oxygen atoms in total. The zero-order valence-corrected chi connectivity index (χ0v) is 10.1. The molecule has 1 N–H and O–H groups in total. The van der Waals surface area contributed by atoms with Gasteiger partial charge in [0.05, 0.1) is 13.2 Å². The van der Waals surface area contributed by atoms with Gasteiger partial charge in [-0.2, -0.15) is 0 Å². The zero-order valence-electron chi connectivity index (χ0n) is 10.1. The van der Waals surface area contributed by atoms with Gasteiger partial charge in [0.15, 0.2) is 0 Å². The third-order valence-corrected chi connectivity index (χ3v) is 3.69.